The van der Waals surface area contributed by atoms with Crippen molar-refractivity contribution in [2.24, 2.45) is 4.99 Å². The highest BCUT2D eigenvalue weighted by molar-refractivity contribution is 7.08. The van der Waals surface area contributed by atoms with Crippen LogP contribution in [0.1, 0.15) is 30.5 Å². The first-order valence-corrected chi connectivity index (χ1v) is 10.7. The van der Waals surface area contributed by atoms with E-state index in [-0.39, 0.29) is 0 Å². The lowest BCUT2D eigenvalue weighted by molar-refractivity contribution is 0.429. The summed E-state index contributed by atoms with van der Waals surface area (Å²) in [7, 11) is 2.00. The zero-order chi connectivity index (χ0) is 21.8. The van der Waals surface area contributed by atoms with Gasteiger partial charge < -0.3 is 9.64 Å². The highest BCUT2D eigenvalue weighted by Gasteiger charge is 2.20. The maximum atomic E-state index is 9.72. The molecule has 0 saturated heterocycles. The molecule has 3 rings (SSSR count). The van der Waals surface area contributed by atoms with Crippen molar-refractivity contribution in [2.75, 3.05) is 7.05 Å². The lowest BCUT2D eigenvalue weighted by Crippen LogP contribution is -2.24. The first-order chi connectivity index (χ1) is 14.3. The molecule has 0 bridgehead atoms. The fourth-order valence-electron chi connectivity index (χ4n) is 2.69. The van der Waals surface area contributed by atoms with Gasteiger partial charge in [-0.1, -0.05) is 29.8 Å². The lowest BCUT2D eigenvalue weighted by atomic mass is 10.1. The third-order valence-electron chi connectivity index (χ3n) is 4.79. The van der Waals surface area contributed by atoms with Crippen LogP contribution in [0, 0.1) is 25.2 Å². The Labute approximate surface area is 186 Å². The molecule has 0 aliphatic carbocycles. The molecule has 0 unspecified atom stereocenters. The summed E-state index contributed by atoms with van der Waals surface area (Å²) in [5.41, 5.74) is 4.43. The van der Waals surface area contributed by atoms with Gasteiger partial charge in [0.15, 0.2) is 0 Å². The summed E-state index contributed by atoms with van der Waals surface area (Å²) in [5, 5.41) is 10.7. The van der Waals surface area contributed by atoms with E-state index in [1.54, 1.807) is 6.07 Å². The van der Waals surface area contributed by atoms with E-state index < -0.39 is 0 Å². The van der Waals surface area contributed by atoms with Crippen LogP contribution >= 0.6 is 23.1 Å². The summed E-state index contributed by atoms with van der Waals surface area (Å²) < 4.78 is 10.5. The van der Waals surface area contributed by atoms with Crippen molar-refractivity contribution in [1.82, 2.24) is 9.27 Å². The molecule has 3 aromatic rings. The maximum absolute atomic E-state index is 9.72. The van der Waals surface area contributed by atoms with Crippen molar-refractivity contribution in [3.8, 4) is 28.1 Å². The number of benzene rings is 2. The minimum absolute atomic E-state index is 0.376. The molecule has 0 radical (unpaired) electrons. The number of ether oxygens (including phenoxy) is 1. The average Bonchev–Trinajstić information content (AvgIpc) is 3.11. The highest BCUT2D eigenvalue weighted by atomic mass is 35.5. The maximum Gasteiger partial charge on any atom is 0.218 e. The van der Waals surface area contributed by atoms with E-state index in [0.717, 1.165) is 28.3 Å². The molecule has 1 aromatic heterocycles. The van der Waals surface area contributed by atoms with Crippen molar-refractivity contribution in [3.63, 3.8) is 0 Å². The van der Waals surface area contributed by atoms with Crippen LogP contribution in [0.15, 0.2) is 41.4 Å². The van der Waals surface area contributed by atoms with Crippen molar-refractivity contribution < 1.29 is 4.74 Å². The van der Waals surface area contributed by atoms with Gasteiger partial charge in [-0.2, -0.15) is 9.64 Å². The second kappa shape index (κ2) is 9.29. The Morgan fingerprint density at radius 2 is 1.97 bits per heavy atom. The molecule has 5 nitrogen and oxygen atoms in total. The topological polar surface area (TPSA) is 61.5 Å². The molecule has 154 valence electrons. The van der Waals surface area contributed by atoms with Gasteiger partial charge in [0.05, 0.1) is 17.0 Å². The minimum Gasteiger partial charge on any atom is -0.443 e. The van der Waals surface area contributed by atoms with Gasteiger partial charge in [0.2, 0.25) is 5.06 Å². The third-order valence-corrected chi connectivity index (χ3v) is 5.85. The molecular formula is C23H23ClN4OS. The Balaban J connectivity index is 1.92. The van der Waals surface area contributed by atoms with Crippen LogP contribution in [-0.4, -0.2) is 28.7 Å². The second-order valence-electron chi connectivity index (χ2n) is 7.30. The number of aliphatic imine (C=N–C) groups is 1. The number of halogens is 1. The standard InChI is InChI=1S/C23H23ClN4OS/c1-14(2)28(5)13-26-20-10-16(4)21(11-15(20)3)29-23-18(12-25)22(27-30-23)17-8-6-7-9-19(17)24/h6-11,13-14H,1-5H3. The summed E-state index contributed by atoms with van der Waals surface area (Å²) in [4.78, 5) is 6.64. The molecule has 0 fully saturated rings. The number of rotatable bonds is 6. The van der Waals surface area contributed by atoms with E-state index in [0.29, 0.717) is 38.7 Å². The summed E-state index contributed by atoms with van der Waals surface area (Å²) in [6, 6.07) is 13.8. The number of aryl methyl sites for hydroxylation is 2. The Morgan fingerprint density at radius 3 is 2.63 bits per heavy atom. The van der Waals surface area contributed by atoms with E-state index >= 15 is 0 Å². The highest BCUT2D eigenvalue weighted by Crippen LogP contribution is 2.40. The van der Waals surface area contributed by atoms with Crippen LogP contribution in [0.2, 0.25) is 5.02 Å². The fraction of sp³-hybridized carbons (Fsp3) is 0.261. The first-order valence-electron chi connectivity index (χ1n) is 9.51. The Hall–Kier alpha value is -2.88. The molecule has 2 aromatic carbocycles. The van der Waals surface area contributed by atoms with Gasteiger partial charge in [-0.15, -0.1) is 0 Å². The molecule has 0 aliphatic rings. The molecule has 0 spiro atoms. The molecule has 0 aliphatic heterocycles. The molecule has 0 saturated carbocycles. The summed E-state index contributed by atoms with van der Waals surface area (Å²) in [6.07, 6.45) is 1.83. The molecule has 0 atom stereocenters. The summed E-state index contributed by atoms with van der Waals surface area (Å²) >= 11 is 7.44. The van der Waals surface area contributed by atoms with Crippen LogP contribution in [0.5, 0.6) is 10.8 Å². The van der Waals surface area contributed by atoms with Crippen LogP contribution in [0.3, 0.4) is 0 Å². The Bertz CT molecular complexity index is 1130. The van der Waals surface area contributed by atoms with Gasteiger partial charge in [-0.3, -0.25) is 0 Å². The van der Waals surface area contributed by atoms with Gasteiger partial charge in [-0.05, 0) is 57.0 Å². The second-order valence-corrected chi connectivity index (χ2v) is 8.44. The van der Waals surface area contributed by atoms with Gasteiger partial charge >= 0.3 is 0 Å². The Morgan fingerprint density at radius 1 is 1.23 bits per heavy atom. The van der Waals surface area contributed by atoms with Crippen molar-refractivity contribution in [2.45, 2.75) is 33.7 Å². The predicted molar refractivity (Wildman–Crippen MR) is 124 cm³/mol. The number of hydrogen-bond donors (Lipinski definition) is 0. The fourth-order valence-corrected chi connectivity index (χ4v) is 3.64. The predicted octanol–water partition coefficient (Wildman–Crippen LogP) is 6.74. The van der Waals surface area contributed by atoms with Crippen LogP contribution in [0.4, 0.5) is 5.69 Å². The van der Waals surface area contributed by atoms with Crippen molar-refractivity contribution in [1.29, 1.82) is 5.26 Å². The van der Waals surface area contributed by atoms with E-state index in [9.17, 15) is 5.26 Å². The number of nitrogens with zero attached hydrogens (tertiary/aromatic N) is 4. The normalized spacial score (nSPS) is 11.1. The molecule has 0 N–H and O–H groups in total. The van der Waals surface area contributed by atoms with Crippen LogP contribution in [-0.2, 0) is 0 Å². The average molecular weight is 439 g/mol. The van der Waals surface area contributed by atoms with Gasteiger partial charge in [-0.25, -0.2) is 4.99 Å². The number of nitriles is 1. The summed E-state index contributed by atoms with van der Waals surface area (Å²) in [5.74, 6) is 0.675. The molecule has 0 amide bonds. The SMILES string of the molecule is Cc1cc(Oc2snc(-c3ccccc3Cl)c2C#N)c(C)cc1N=CN(C)C(C)C. The van der Waals surface area contributed by atoms with E-state index in [4.69, 9.17) is 16.3 Å². The molecule has 30 heavy (non-hydrogen) atoms. The zero-order valence-corrected chi connectivity index (χ0v) is 19.2. The Kier molecular flexibility index (Phi) is 6.76. The molecular weight excluding hydrogens is 416 g/mol. The quantitative estimate of drug-likeness (QED) is 0.315. The van der Waals surface area contributed by atoms with Gasteiger partial charge in [0.1, 0.15) is 23.1 Å². The van der Waals surface area contributed by atoms with Gasteiger partial charge in [0, 0.05) is 30.2 Å². The smallest absolute Gasteiger partial charge is 0.218 e. The zero-order valence-electron chi connectivity index (χ0n) is 17.6. The van der Waals surface area contributed by atoms with E-state index in [1.807, 2.05) is 62.5 Å². The summed E-state index contributed by atoms with van der Waals surface area (Å²) in [6.45, 7) is 8.17. The van der Waals surface area contributed by atoms with Crippen LogP contribution < -0.4 is 4.74 Å². The van der Waals surface area contributed by atoms with E-state index in [2.05, 4.69) is 29.3 Å². The third kappa shape index (κ3) is 4.64. The van der Waals surface area contributed by atoms with Gasteiger partial charge in [0.25, 0.3) is 0 Å². The van der Waals surface area contributed by atoms with Crippen molar-refractivity contribution in [3.05, 3.63) is 58.1 Å². The lowest BCUT2D eigenvalue weighted by Gasteiger charge is -2.17. The molecule has 7 heteroatoms. The van der Waals surface area contributed by atoms with Crippen LogP contribution in [0.25, 0.3) is 11.3 Å². The number of aromatic nitrogens is 1. The minimum atomic E-state index is 0.376. The number of hydrogen-bond acceptors (Lipinski definition) is 5. The molecule has 1 heterocycles. The van der Waals surface area contributed by atoms with Crippen molar-refractivity contribution >= 4 is 35.2 Å². The largest absolute Gasteiger partial charge is 0.443 e. The van der Waals surface area contributed by atoms with E-state index in [1.165, 1.54) is 0 Å². The first kappa shape index (κ1) is 21.8. The monoisotopic (exact) mass is 438 g/mol.